The zero-order valence-electron chi connectivity index (χ0n) is 13.9. The molecule has 140 valence electrons. The molecule has 2 aliphatic rings. The first kappa shape index (κ1) is 18.3. The van der Waals surface area contributed by atoms with Crippen molar-refractivity contribution < 1.29 is 23.1 Å². The Labute approximate surface area is 151 Å². The molecule has 1 aromatic heterocycles. The lowest BCUT2D eigenvalue weighted by atomic mass is 10.1. The second-order valence-electron chi connectivity index (χ2n) is 6.36. The number of rotatable bonds is 4. The molecule has 3 heterocycles. The molecule has 3 rings (SSSR count). The van der Waals surface area contributed by atoms with Gasteiger partial charge in [-0.1, -0.05) is 6.42 Å². The maximum Gasteiger partial charge on any atom is 0.506 e. The minimum atomic E-state index is -3.49. The molecule has 2 fully saturated rings. The van der Waals surface area contributed by atoms with Crippen LogP contribution in [-0.4, -0.2) is 56.3 Å². The van der Waals surface area contributed by atoms with Gasteiger partial charge >= 0.3 is 6.16 Å². The summed E-state index contributed by atoms with van der Waals surface area (Å²) in [4.78, 5) is 12.6. The average molecular weight is 389 g/mol. The van der Waals surface area contributed by atoms with Crippen molar-refractivity contribution in [3.8, 4) is 0 Å². The molecule has 0 saturated carbocycles. The van der Waals surface area contributed by atoms with Crippen LogP contribution in [-0.2, 0) is 14.8 Å². The van der Waals surface area contributed by atoms with Gasteiger partial charge in [-0.25, -0.2) is 13.2 Å². The van der Waals surface area contributed by atoms with Crippen LogP contribution in [0.4, 0.5) is 15.5 Å². The number of nitrogen functional groups attached to an aromatic ring is 1. The Kier molecular flexibility index (Phi) is 5.40. The summed E-state index contributed by atoms with van der Waals surface area (Å²) in [5.41, 5.74) is 6.53. The highest BCUT2D eigenvalue weighted by Gasteiger charge is 2.30. The zero-order valence-corrected chi connectivity index (χ0v) is 15.5. The van der Waals surface area contributed by atoms with Gasteiger partial charge in [-0.05, 0) is 18.9 Å². The summed E-state index contributed by atoms with van der Waals surface area (Å²) in [7, 11) is -3.49. The molecule has 0 aliphatic carbocycles. The highest BCUT2D eigenvalue weighted by molar-refractivity contribution is 7.91. The van der Waals surface area contributed by atoms with Crippen LogP contribution >= 0.6 is 11.3 Å². The van der Waals surface area contributed by atoms with Crippen molar-refractivity contribution in [1.82, 2.24) is 4.31 Å². The summed E-state index contributed by atoms with van der Waals surface area (Å²) in [6.45, 7) is 2.30. The summed E-state index contributed by atoms with van der Waals surface area (Å²) in [6.07, 6.45) is 2.41. The number of carboxylic acid groups (broad SMARTS) is 1. The smallest absolute Gasteiger partial charge is 0.450 e. The van der Waals surface area contributed by atoms with Crippen molar-refractivity contribution in [2.45, 2.75) is 42.4 Å². The number of thiophene rings is 1. The number of nitrogens with two attached hydrogens (primary N) is 1. The van der Waals surface area contributed by atoms with E-state index in [2.05, 4.69) is 0 Å². The fourth-order valence-electron chi connectivity index (χ4n) is 3.30. The van der Waals surface area contributed by atoms with Crippen molar-refractivity contribution >= 4 is 38.2 Å². The Bertz CT molecular complexity index is 720. The van der Waals surface area contributed by atoms with Gasteiger partial charge in [0, 0.05) is 39.0 Å². The van der Waals surface area contributed by atoms with E-state index in [-0.39, 0.29) is 10.3 Å². The van der Waals surface area contributed by atoms with E-state index in [0.717, 1.165) is 24.3 Å². The fourth-order valence-corrected chi connectivity index (χ4v) is 6.41. The van der Waals surface area contributed by atoms with Gasteiger partial charge in [0.05, 0.1) is 5.69 Å². The molecular formula is C15H23N3O5S2. The molecule has 0 amide bonds. The fraction of sp³-hybridized carbons (Fsp3) is 0.667. The van der Waals surface area contributed by atoms with Crippen LogP contribution in [0.5, 0.6) is 0 Å². The number of hydrogen-bond donors (Lipinski definition) is 2. The minimum absolute atomic E-state index is 0.283. The number of nitrogens with zero attached hydrogens (tertiary/aromatic N) is 2. The molecule has 10 heteroatoms. The van der Waals surface area contributed by atoms with Crippen molar-refractivity contribution in [2.24, 2.45) is 0 Å². The molecule has 0 aromatic carbocycles. The lowest BCUT2D eigenvalue weighted by Gasteiger charge is -2.32. The first-order valence-electron chi connectivity index (χ1n) is 8.42. The maximum absolute atomic E-state index is 12.8. The molecule has 0 radical (unpaired) electrons. The monoisotopic (exact) mass is 389 g/mol. The number of carbonyl (C=O) groups is 1. The lowest BCUT2D eigenvalue weighted by molar-refractivity contribution is 0.0416. The summed E-state index contributed by atoms with van der Waals surface area (Å²) < 4.78 is 32.2. The van der Waals surface area contributed by atoms with E-state index in [4.69, 9.17) is 15.6 Å². The van der Waals surface area contributed by atoms with Crippen molar-refractivity contribution in [3.63, 3.8) is 0 Å². The third kappa shape index (κ3) is 4.01. The van der Waals surface area contributed by atoms with E-state index in [1.807, 2.05) is 4.90 Å². The molecule has 0 spiro atoms. The highest BCUT2D eigenvalue weighted by Crippen LogP contribution is 2.39. The van der Waals surface area contributed by atoms with Crippen LogP contribution < -0.4 is 10.6 Å². The third-order valence-corrected chi connectivity index (χ3v) is 8.18. The first-order valence-corrected chi connectivity index (χ1v) is 10.7. The Morgan fingerprint density at radius 3 is 2.44 bits per heavy atom. The quantitative estimate of drug-likeness (QED) is 0.759. The second kappa shape index (κ2) is 7.38. The molecule has 0 unspecified atom stereocenters. The molecule has 2 aliphatic heterocycles. The van der Waals surface area contributed by atoms with Crippen molar-refractivity contribution in [3.05, 3.63) is 6.07 Å². The van der Waals surface area contributed by atoms with E-state index in [1.165, 1.54) is 11.3 Å². The number of sulfonamides is 1. The van der Waals surface area contributed by atoms with Crippen LogP contribution in [0.3, 0.4) is 0 Å². The lowest BCUT2D eigenvalue weighted by Crippen LogP contribution is -2.37. The maximum atomic E-state index is 12.8. The number of ether oxygens (including phenoxy) is 1. The van der Waals surface area contributed by atoms with Crippen molar-refractivity contribution in [1.29, 1.82) is 0 Å². The largest absolute Gasteiger partial charge is 0.506 e. The van der Waals surface area contributed by atoms with E-state index < -0.39 is 16.2 Å². The summed E-state index contributed by atoms with van der Waals surface area (Å²) in [5, 5.41) is 9.42. The first-order chi connectivity index (χ1) is 11.9. The second-order valence-corrected chi connectivity index (χ2v) is 9.56. The molecule has 2 saturated heterocycles. The molecule has 8 nitrogen and oxygen atoms in total. The van der Waals surface area contributed by atoms with Crippen molar-refractivity contribution in [2.75, 3.05) is 36.8 Å². The molecule has 0 bridgehead atoms. The molecule has 25 heavy (non-hydrogen) atoms. The van der Waals surface area contributed by atoms with Gasteiger partial charge in [-0.15, -0.1) is 11.3 Å². The van der Waals surface area contributed by atoms with E-state index in [1.54, 1.807) is 10.4 Å². The molecule has 0 atom stereocenters. The van der Waals surface area contributed by atoms with Gasteiger partial charge < -0.3 is 20.5 Å². The molecular weight excluding hydrogens is 366 g/mol. The van der Waals surface area contributed by atoms with Crippen LogP contribution in [0.2, 0.25) is 0 Å². The Balaban J connectivity index is 1.71. The molecule has 1 aromatic rings. The van der Waals surface area contributed by atoms with Gasteiger partial charge in [-0.2, -0.15) is 4.31 Å². The Morgan fingerprint density at radius 1 is 1.20 bits per heavy atom. The number of piperidine rings is 2. The van der Waals surface area contributed by atoms with Gasteiger partial charge in [0.15, 0.2) is 0 Å². The van der Waals surface area contributed by atoms with Crippen LogP contribution in [0, 0.1) is 0 Å². The standard InChI is InChI=1S/C15H23N3O5S2/c16-12-10-13(25(21,22)18-6-2-1-3-7-18)24-14(12)17-8-4-11(5-9-17)23-15(19)20/h10-11H,1-9,16H2,(H,19,20). The third-order valence-electron chi connectivity index (χ3n) is 4.62. The van der Waals surface area contributed by atoms with E-state index >= 15 is 0 Å². The highest BCUT2D eigenvalue weighted by atomic mass is 32.2. The topological polar surface area (TPSA) is 113 Å². The van der Waals surface area contributed by atoms with E-state index in [9.17, 15) is 13.2 Å². The minimum Gasteiger partial charge on any atom is -0.450 e. The van der Waals surface area contributed by atoms with Crippen LogP contribution in [0.15, 0.2) is 10.3 Å². The number of hydrogen-bond acceptors (Lipinski definition) is 7. The zero-order chi connectivity index (χ0) is 18.0. The van der Waals surface area contributed by atoms with Gasteiger partial charge in [0.2, 0.25) is 0 Å². The normalized spacial score (nSPS) is 20.6. The summed E-state index contributed by atoms with van der Waals surface area (Å²) in [5.74, 6) is 0. The van der Waals surface area contributed by atoms with Crippen LogP contribution in [0.1, 0.15) is 32.1 Å². The summed E-state index contributed by atoms with van der Waals surface area (Å²) >= 11 is 1.20. The van der Waals surface area contributed by atoms with Gasteiger partial charge in [-0.3, -0.25) is 0 Å². The van der Waals surface area contributed by atoms with Crippen LogP contribution in [0.25, 0.3) is 0 Å². The summed E-state index contributed by atoms with van der Waals surface area (Å²) in [6, 6.07) is 1.55. The SMILES string of the molecule is Nc1cc(S(=O)(=O)N2CCCCC2)sc1N1CCC(OC(=O)O)CC1. The Hall–Kier alpha value is -1.52. The van der Waals surface area contributed by atoms with Gasteiger partial charge in [0.25, 0.3) is 10.0 Å². The predicted molar refractivity (Wildman–Crippen MR) is 95.7 cm³/mol. The van der Waals surface area contributed by atoms with E-state index in [0.29, 0.717) is 44.7 Å². The Morgan fingerprint density at radius 2 is 1.84 bits per heavy atom. The predicted octanol–water partition coefficient (Wildman–Crippen LogP) is 2.17. The van der Waals surface area contributed by atoms with Gasteiger partial charge in [0.1, 0.15) is 15.3 Å². The number of anilines is 2. The molecule has 3 N–H and O–H groups in total. The average Bonchev–Trinajstić information content (AvgIpc) is 2.98.